The molecule has 0 aliphatic heterocycles. The van der Waals surface area contributed by atoms with Crippen LogP contribution in [0, 0.1) is 5.41 Å². The van der Waals surface area contributed by atoms with Crippen molar-refractivity contribution in [1.82, 2.24) is 10.6 Å². The highest BCUT2D eigenvalue weighted by atomic mass is 79.9. The third kappa shape index (κ3) is 6.08. The van der Waals surface area contributed by atoms with Gasteiger partial charge in [0, 0.05) is 31.7 Å². The third-order valence-electron chi connectivity index (χ3n) is 4.56. The van der Waals surface area contributed by atoms with Crippen molar-refractivity contribution in [2.75, 3.05) is 26.8 Å². The molecule has 0 radical (unpaired) electrons. The van der Waals surface area contributed by atoms with E-state index in [9.17, 15) is 0 Å². The van der Waals surface area contributed by atoms with Crippen LogP contribution in [0.5, 0.6) is 0 Å². The number of hydrogen-bond donors (Lipinski definition) is 2. The molecule has 1 aliphatic rings. The molecule has 1 fully saturated rings. The summed E-state index contributed by atoms with van der Waals surface area (Å²) in [7, 11) is 1.83. The van der Waals surface area contributed by atoms with Gasteiger partial charge in [0.05, 0.1) is 10.3 Å². The van der Waals surface area contributed by atoms with E-state index in [2.05, 4.69) is 50.6 Å². The molecule has 0 aromatic carbocycles. The molecule has 4 nitrogen and oxygen atoms in total. The van der Waals surface area contributed by atoms with Gasteiger partial charge in [-0.3, -0.25) is 4.99 Å². The molecule has 23 heavy (non-hydrogen) atoms. The Balaban J connectivity index is 1.80. The Kier molecular flexibility index (Phi) is 7.86. The van der Waals surface area contributed by atoms with E-state index in [1.165, 1.54) is 30.6 Å². The minimum absolute atomic E-state index is 0.374. The first-order valence-electron chi connectivity index (χ1n) is 8.44. The van der Waals surface area contributed by atoms with Gasteiger partial charge in [-0.2, -0.15) is 0 Å². The van der Waals surface area contributed by atoms with Crippen molar-refractivity contribution in [2.24, 2.45) is 10.4 Å². The molecule has 2 N–H and O–H groups in total. The van der Waals surface area contributed by atoms with Crippen molar-refractivity contribution < 1.29 is 4.74 Å². The van der Waals surface area contributed by atoms with Crippen LogP contribution in [0.1, 0.15) is 43.9 Å². The number of guanidine groups is 1. The second-order valence-electron chi connectivity index (χ2n) is 6.14. The van der Waals surface area contributed by atoms with Crippen LogP contribution in [-0.2, 0) is 11.3 Å². The van der Waals surface area contributed by atoms with Gasteiger partial charge in [0.15, 0.2) is 5.96 Å². The van der Waals surface area contributed by atoms with Crippen molar-refractivity contribution in [3.63, 3.8) is 0 Å². The summed E-state index contributed by atoms with van der Waals surface area (Å²) in [5, 5.41) is 6.94. The molecule has 1 heterocycles. The number of nitrogens with one attached hydrogen (secondary N) is 2. The van der Waals surface area contributed by atoms with Crippen molar-refractivity contribution in [3.8, 4) is 0 Å². The standard InChI is InChI=1S/C17H28BrN3OS/c1-3-22-11-10-17(8-4-5-9-17)13-21-16(19-2)20-12-14-6-7-15(18)23-14/h6-7H,3-5,8-13H2,1-2H3,(H2,19,20,21). The summed E-state index contributed by atoms with van der Waals surface area (Å²) in [4.78, 5) is 5.65. The highest BCUT2D eigenvalue weighted by Gasteiger charge is 2.33. The second kappa shape index (κ2) is 9.64. The van der Waals surface area contributed by atoms with E-state index >= 15 is 0 Å². The zero-order valence-corrected chi connectivity index (χ0v) is 16.6. The predicted molar refractivity (Wildman–Crippen MR) is 102 cm³/mol. The molecular formula is C17H28BrN3OS. The lowest BCUT2D eigenvalue weighted by Crippen LogP contribution is -2.43. The molecule has 2 rings (SSSR count). The molecule has 0 spiro atoms. The van der Waals surface area contributed by atoms with Crippen LogP contribution in [-0.4, -0.2) is 32.8 Å². The summed E-state index contributed by atoms with van der Waals surface area (Å²) in [6.07, 6.45) is 6.40. The zero-order chi connectivity index (χ0) is 16.5. The molecular weight excluding hydrogens is 374 g/mol. The number of rotatable bonds is 8. The van der Waals surface area contributed by atoms with E-state index in [0.717, 1.165) is 42.5 Å². The average molecular weight is 402 g/mol. The van der Waals surface area contributed by atoms with E-state index in [4.69, 9.17) is 4.74 Å². The molecule has 1 aliphatic carbocycles. The first-order valence-corrected chi connectivity index (χ1v) is 10.0. The predicted octanol–water partition coefficient (Wildman–Crippen LogP) is 4.16. The summed E-state index contributed by atoms with van der Waals surface area (Å²) >= 11 is 5.25. The molecule has 0 saturated heterocycles. The van der Waals surface area contributed by atoms with Crippen LogP contribution in [0.4, 0.5) is 0 Å². The number of thiophene rings is 1. The quantitative estimate of drug-likeness (QED) is 0.390. The van der Waals surface area contributed by atoms with Gasteiger partial charge < -0.3 is 15.4 Å². The highest BCUT2D eigenvalue weighted by molar-refractivity contribution is 9.11. The smallest absolute Gasteiger partial charge is 0.191 e. The Hall–Kier alpha value is -0.590. The van der Waals surface area contributed by atoms with Gasteiger partial charge in [0.1, 0.15) is 0 Å². The fraction of sp³-hybridized carbons (Fsp3) is 0.706. The van der Waals surface area contributed by atoms with Crippen LogP contribution in [0.2, 0.25) is 0 Å². The minimum atomic E-state index is 0.374. The average Bonchev–Trinajstić information content (AvgIpc) is 3.18. The minimum Gasteiger partial charge on any atom is -0.382 e. The summed E-state index contributed by atoms with van der Waals surface area (Å²) in [5.41, 5.74) is 0.374. The number of halogens is 1. The Bertz CT molecular complexity index is 498. The van der Waals surface area contributed by atoms with E-state index < -0.39 is 0 Å². The SMILES string of the molecule is CCOCCC1(CNC(=NC)NCc2ccc(Br)s2)CCCC1. The van der Waals surface area contributed by atoms with Crippen molar-refractivity contribution in [1.29, 1.82) is 0 Å². The first kappa shape index (κ1) is 18.7. The van der Waals surface area contributed by atoms with Gasteiger partial charge >= 0.3 is 0 Å². The number of hydrogen-bond acceptors (Lipinski definition) is 3. The van der Waals surface area contributed by atoms with Gasteiger partial charge in [-0.05, 0) is 59.7 Å². The normalized spacial score (nSPS) is 17.4. The molecule has 6 heteroatoms. The maximum Gasteiger partial charge on any atom is 0.191 e. The first-order chi connectivity index (χ1) is 11.2. The maximum atomic E-state index is 5.58. The topological polar surface area (TPSA) is 45.6 Å². The number of ether oxygens (including phenoxy) is 1. The van der Waals surface area contributed by atoms with Crippen LogP contribution in [0.25, 0.3) is 0 Å². The molecule has 0 unspecified atom stereocenters. The molecule has 1 aromatic heterocycles. The summed E-state index contributed by atoms with van der Waals surface area (Å²) in [6.45, 7) is 5.53. The van der Waals surface area contributed by atoms with Gasteiger partial charge in [0.2, 0.25) is 0 Å². The largest absolute Gasteiger partial charge is 0.382 e. The van der Waals surface area contributed by atoms with Crippen LogP contribution < -0.4 is 10.6 Å². The molecule has 130 valence electrons. The van der Waals surface area contributed by atoms with Crippen molar-refractivity contribution in [2.45, 2.75) is 45.6 Å². The molecule has 0 amide bonds. The van der Waals surface area contributed by atoms with Gasteiger partial charge in [0.25, 0.3) is 0 Å². The summed E-state index contributed by atoms with van der Waals surface area (Å²) < 4.78 is 6.75. The van der Waals surface area contributed by atoms with E-state index in [-0.39, 0.29) is 0 Å². The Labute approximate surface area is 152 Å². The fourth-order valence-corrected chi connectivity index (χ4v) is 4.61. The van der Waals surface area contributed by atoms with Crippen LogP contribution >= 0.6 is 27.3 Å². The van der Waals surface area contributed by atoms with Gasteiger partial charge in [-0.1, -0.05) is 12.8 Å². The Morgan fingerprint density at radius 3 is 2.74 bits per heavy atom. The fourth-order valence-electron chi connectivity index (χ4n) is 3.18. The van der Waals surface area contributed by atoms with Crippen LogP contribution in [0.3, 0.4) is 0 Å². The Morgan fingerprint density at radius 1 is 1.35 bits per heavy atom. The molecule has 1 saturated carbocycles. The van der Waals surface area contributed by atoms with Crippen molar-refractivity contribution >= 4 is 33.2 Å². The Morgan fingerprint density at radius 2 is 2.13 bits per heavy atom. The second-order valence-corrected chi connectivity index (χ2v) is 8.69. The highest BCUT2D eigenvalue weighted by Crippen LogP contribution is 2.40. The monoisotopic (exact) mass is 401 g/mol. The van der Waals surface area contributed by atoms with Gasteiger partial charge in [-0.25, -0.2) is 0 Å². The van der Waals surface area contributed by atoms with E-state index in [1.807, 2.05) is 7.05 Å². The summed E-state index contributed by atoms with van der Waals surface area (Å²) in [6, 6.07) is 4.22. The van der Waals surface area contributed by atoms with E-state index in [1.54, 1.807) is 11.3 Å². The third-order valence-corrected chi connectivity index (χ3v) is 6.18. The lowest BCUT2D eigenvalue weighted by Gasteiger charge is -2.30. The van der Waals surface area contributed by atoms with Gasteiger partial charge in [-0.15, -0.1) is 11.3 Å². The lowest BCUT2D eigenvalue weighted by molar-refractivity contribution is 0.105. The van der Waals surface area contributed by atoms with Crippen LogP contribution in [0.15, 0.2) is 20.9 Å². The zero-order valence-electron chi connectivity index (χ0n) is 14.2. The molecule has 0 atom stereocenters. The number of aliphatic imine (C=N–C) groups is 1. The number of nitrogens with zero attached hydrogens (tertiary/aromatic N) is 1. The van der Waals surface area contributed by atoms with E-state index in [0.29, 0.717) is 5.41 Å². The van der Waals surface area contributed by atoms with Crippen molar-refractivity contribution in [3.05, 3.63) is 20.8 Å². The molecule has 1 aromatic rings. The maximum absolute atomic E-state index is 5.58. The molecule has 0 bridgehead atoms. The lowest BCUT2D eigenvalue weighted by atomic mass is 9.83. The summed E-state index contributed by atoms with van der Waals surface area (Å²) in [5.74, 6) is 0.886.